The fourth-order valence-electron chi connectivity index (χ4n) is 2.43. The molecular weight excluding hydrogens is 258 g/mol. The molecule has 1 amide bonds. The van der Waals surface area contributed by atoms with Gasteiger partial charge < -0.3 is 15.2 Å². The first-order valence-corrected chi connectivity index (χ1v) is 6.69. The van der Waals surface area contributed by atoms with E-state index in [0.29, 0.717) is 17.7 Å². The number of hydrogen-bond acceptors (Lipinski definition) is 3. The topological polar surface area (TPSA) is 75.6 Å². The summed E-state index contributed by atoms with van der Waals surface area (Å²) >= 11 is 0. The molecule has 2 unspecified atom stereocenters. The standard InChI is InChI=1S/C15H19NO4/c1-8-6-9(2)12(7-11(8)15(18)19)16-14(17)13-5-4-10(3)20-13/h6-7,10,13H,4-5H2,1-3H3,(H,16,17)(H,18,19). The Morgan fingerprint density at radius 3 is 2.50 bits per heavy atom. The summed E-state index contributed by atoms with van der Waals surface area (Å²) in [4.78, 5) is 23.2. The van der Waals surface area contributed by atoms with Crippen molar-refractivity contribution >= 4 is 17.6 Å². The van der Waals surface area contributed by atoms with Gasteiger partial charge in [-0.25, -0.2) is 4.79 Å². The van der Waals surface area contributed by atoms with Gasteiger partial charge in [0.05, 0.1) is 11.7 Å². The quantitative estimate of drug-likeness (QED) is 0.890. The van der Waals surface area contributed by atoms with Crippen molar-refractivity contribution in [2.75, 3.05) is 5.32 Å². The summed E-state index contributed by atoms with van der Waals surface area (Å²) in [7, 11) is 0. The van der Waals surface area contributed by atoms with E-state index in [4.69, 9.17) is 9.84 Å². The minimum Gasteiger partial charge on any atom is -0.478 e. The Morgan fingerprint density at radius 1 is 1.25 bits per heavy atom. The molecule has 1 fully saturated rings. The highest BCUT2D eigenvalue weighted by Crippen LogP contribution is 2.24. The van der Waals surface area contributed by atoms with Crippen LogP contribution in [0.3, 0.4) is 0 Å². The zero-order chi connectivity index (χ0) is 14.9. The highest BCUT2D eigenvalue weighted by molar-refractivity contribution is 5.97. The van der Waals surface area contributed by atoms with E-state index in [0.717, 1.165) is 12.0 Å². The van der Waals surface area contributed by atoms with Gasteiger partial charge in [-0.2, -0.15) is 0 Å². The van der Waals surface area contributed by atoms with Crippen LogP contribution in [0.5, 0.6) is 0 Å². The molecule has 0 saturated carbocycles. The molecule has 1 aliphatic rings. The molecule has 0 radical (unpaired) electrons. The molecule has 0 aromatic heterocycles. The van der Waals surface area contributed by atoms with Crippen molar-refractivity contribution in [3.8, 4) is 0 Å². The van der Waals surface area contributed by atoms with Crippen molar-refractivity contribution in [3.05, 3.63) is 28.8 Å². The number of anilines is 1. The number of nitrogens with one attached hydrogen (secondary N) is 1. The molecule has 1 aromatic carbocycles. The summed E-state index contributed by atoms with van der Waals surface area (Å²) in [5.74, 6) is -1.21. The third-order valence-corrected chi connectivity index (χ3v) is 3.58. The number of hydrogen-bond donors (Lipinski definition) is 2. The van der Waals surface area contributed by atoms with Crippen molar-refractivity contribution in [1.82, 2.24) is 0 Å². The van der Waals surface area contributed by atoms with E-state index in [9.17, 15) is 9.59 Å². The summed E-state index contributed by atoms with van der Waals surface area (Å²) in [6, 6.07) is 3.26. The third-order valence-electron chi connectivity index (χ3n) is 3.58. The molecule has 5 nitrogen and oxygen atoms in total. The van der Waals surface area contributed by atoms with Crippen molar-refractivity contribution in [1.29, 1.82) is 0 Å². The first-order chi connectivity index (χ1) is 9.38. The number of carboxylic acids is 1. The minimum atomic E-state index is -0.997. The maximum absolute atomic E-state index is 12.1. The summed E-state index contributed by atoms with van der Waals surface area (Å²) in [6.45, 7) is 5.52. The lowest BCUT2D eigenvalue weighted by Crippen LogP contribution is -2.28. The van der Waals surface area contributed by atoms with Gasteiger partial charge in [0.15, 0.2) is 0 Å². The second kappa shape index (κ2) is 5.63. The lowest BCUT2D eigenvalue weighted by Gasteiger charge is -2.15. The smallest absolute Gasteiger partial charge is 0.336 e. The van der Waals surface area contributed by atoms with Crippen molar-refractivity contribution in [3.63, 3.8) is 0 Å². The second-order valence-electron chi connectivity index (χ2n) is 5.29. The number of aryl methyl sites for hydroxylation is 2. The monoisotopic (exact) mass is 277 g/mol. The van der Waals surface area contributed by atoms with E-state index in [1.54, 1.807) is 13.0 Å². The third kappa shape index (κ3) is 2.99. The zero-order valence-corrected chi connectivity index (χ0v) is 11.9. The van der Waals surface area contributed by atoms with E-state index >= 15 is 0 Å². The minimum absolute atomic E-state index is 0.0967. The maximum Gasteiger partial charge on any atom is 0.336 e. The first-order valence-electron chi connectivity index (χ1n) is 6.69. The molecule has 5 heteroatoms. The van der Waals surface area contributed by atoms with Crippen LogP contribution >= 0.6 is 0 Å². The Balaban J connectivity index is 2.18. The maximum atomic E-state index is 12.1. The van der Waals surface area contributed by atoms with Crippen LogP contribution < -0.4 is 5.32 Å². The van der Waals surface area contributed by atoms with Gasteiger partial charge in [-0.05, 0) is 50.8 Å². The van der Waals surface area contributed by atoms with Crippen molar-refractivity contribution in [2.45, 2.75) is 45.8 Å². The van der Waals surface area contributed by atoms with Crippen LogP contribution in [-0.4, -0.2) is 29.2 Å². The van der Waals surface area contributed by atoms with E-state index in [2.05, 4.69) is 5.32 Å². The largest absolute Gasteiger partial charge is 0.478 e. The molecule has 2 N–H and O–H groups in total. The van der Waals surface area contributed by atoms with Gasteiger partial charge in [0, 0.05) is 5.69 Å². The Labute approximate surface area is 117 Å². The van der Waals surface area contributed by atoms with Gasteiger partial charge in [-0.1, -0.05) is 6.07 Å². The molecule has 0 spiro atoms. The lowest BCUT2D eigenvalue weighted by atomic mass is 10.0. The van der Waals surface area contributed by atoms with Gasteiger partial charge in [-0.3, -0.25) is 4.79 Å². The van der Waals surface area contributed by atoms with Crippen LogP contribution in [0.25, 0.3) is 0 Å². The van der Waals surface area contributed by atoms with E-state index in [1.807, 2.05) is 13.8 Å². The molecule has 1 saturated heterocycles. The Bertz CT molecular complexity index is 553. The van der Waals surface area contributed by atoms with Gasteiger partial charge in [0.2, 0.25) is 0 Å². The lowest BCUT2D eigenvalue weighted by molar-refractivity contribution is -0.126. The van der Waals surface area contributed by atoms with Crippen LogP contribution in [0, 0.1) is 13.8 Å². The average Bonchev–Trinajstić information content (AvgIpc) is 2.79. The molecule has 108 valence electrons. The molecule has 2 atom stereocenters. The molecule has 2 rings (SSSR count). The zero-order valence-electron chi connectivity index (χ0n) is 11.9. The molecule has 0 bridgehead atoms. The van der Waals surface area contributed by atoms with Gasteiger partial charge in [0.25, 0.3) is 5.91 Å². The summed E-state index contributed by atoms with van der Waals surface area (Å²) < 4.78 is 5.51. The van der Waals surface area contributed by atoms with Crippen molar-refractivity contribution < 1.29 is 19.4 Å². The van der Waals surface area contributed by atoms with Gasteiger partial charge in [-0.15, -0.1) is 0 Å². The molecule has 1 aliphatic heterocycles. The first kappa shape index (κ1) is 14.5. The predicted octanol–water partition coefficient (Wildman–Crippen LogP) is 2.51. The molecule has 20 heavy (non-hydrogen) atoms. The molecule has 1 aromatic rings. The van der Waals surface area contributed by atoms with Crippen LogP contribution in [0.4, 0.5) is 5.69 Å². The normalized spacial score (nSPS) is 21.8. The number of carbonyl (C=O) groups is 2. The number of aromatic carboxylic acids is 1. The summed E-state index contributed by atoms with van der Waals surface area (Å²) in [5, 5.41) is 11.9. The van der Waals surface area contributed by atoms with E-state index < -0.39 is 12.1 Å². The highest BCUT2D eigenvalue weighted by atomic mass is 16.5. The van der Waals surface area contributed by atoms with Crippen LogP contribution in [0.1, 0.15) is 41.3 Å². The fraction of sp³-hybridized carbons (Fsp3) is 0.467. The van der Waals surface area contributed by atoms with E-state index in [1.165, 1.54) is 6.07 Å². The number of carbonyl (C=O) groups excluding carboxylic acids is 1. The SMILES string of the molecule is Cc1cc(C)c(C(=O)O)cc1NC(=O)C1CCC(C)O1. The number of benzene rings is 1. The second-order valence-corrected chi connectivity index (χ2v) is 5.29. The van der Waals surface area contributed by atoms with Crippen LogP contribution in [0.15, 0.2) is 12.1 Å². The molecule has 1 heterocycles. The summed E-state index contributed by atoms with van der Waals surface area (Å²) in [6.07, 6.45) is 1.22. The van der Waals surface area contributed by atoms with Crippen LogP contribution in [0.2, 0.25) is 0 Å². The number of ether oxygens (including phenoxy) is 1. The van der Waals surface area contributed by atoms with E-state index in [-0.39, 0.29) is 17.6 Å². The Kier molecular flexibility index (Phi) is 4.09. The fourth-order valence-corrected chi connectivity index (χ4v) is 2.43. The van der Waals surface area contributed by atoms with Gasteiger partial charge >= 0.3 is 5.97 Å². The average molecular weight is 277 g/mol. The Hall–Kier alpha value is -1.88. The van der Waals surface area contributed by atoms with Gasteiger partial charge in [0.1, 0.15) is 6.10 Å². The number of rotatable bonds is 3. The number of amides is 1. The predicted molar refractivity (Wildman–Crippen MR) is 75.1 cm³/mol. The molecule has 0 aliphatic carbocycles. The molecular formula is C15H19NO4. The number of carboxylic acid groups (broad SMARTS) is 1. The van der Waals surface area contributed by atoms with Crippen molar-refractivity contribution in [2.24, 2.45) is 0 Å². The van der Waals surface area contributed by atoms with Crippen LogP contribution in [-0.2, 0) is 9.53 Å². The highest BCUT2D eigenvalue weighted by Gasteiger charge is 2.28. The Morgan fingerprint density at radius 2 is 1.95 bits per heavy atom. The summed E-state index contributed by atoms with van der Waals surface area (Å²) in [5.41, 5.74) is 2.25.